The maximum Gasteiger partial charge on any atom is 0.328 e. The van der Waals surface area contributed by atoms with E-state index in [1.165, 1.54) is 56.7 Å². The molecule has 5 N–H and O–H groups in total. The molecule has 0 aromatic heterocycles. The average molecular weight is 556 g/mol. The predicted octanol–water partition coefficient (Wildman–Crippen LogP) is 2.61. The maximum absolute atomic E-state index is 12.8. The molecular weight excluding hydrogens is 530 g/mol. The van der Waals surface area contributed by atoms with E-state index >= 15 is 0 Å². The molecule has 0 bridgehead atoms. The molecule has 3 aromatic rings. The highest BCUT2D eigenvalue weighted by Gasteiger charge is 2.24. The molecular formula is C27H26ClN3O8. The van der Waals surface area contributed by atoms with Crippen molar-refractivity contribution >= 4 is 35.3 Å². The second kappa shape index (κ2) is 13.2. The number of aromatic hydroxyl groups is 1. The minimum absolute atomic E-state index is 0.0590. The number of hydrogen-bond donors (Lipinski definition) is 5. The number of carbonyl (C=O) groups excluding carboxylic acids is 3. The normalized spacial score (nSPS) is 11.2. The fourth-order valence-electron chi connectivity index (χ4n) is 3.46. The van der Waals surface area contributed by atoms with Crippen molar-refractivity contribution in [3.05, 3.63) is 87.9 Å². The number of aliphatic carboxylic acids is 1. The number of halogens is 1. The first-order valence-corrected chi connectivity index (χ1v) is 11.9. The number of carboxylic acids is 1. The molecule has 0 spiro atoms. The number of carboxylic acid groups (broad SMARTS) is 1. The van der Waals surface area contributed by atoms with Crippen molar-refractivity contribution in [2.24, 2.45) is 0 Å². The zero-order valence-electron chi connectivity index (χ0n) is 21.0. The van der Waals surface area contributed by atoms with Crippen LogP contribution in [0.3, 0.4) is 0 Å². The monoisotopic (exact) mass is 555 g/mol. The lowest BCUT2D eigenvalue weighted by Crippen LogP contribution is -2.48. The van der Waals surface area contributed by atoms with Crippen LogP contribution in [0.5, 0.6) is 17.2 Å². The van der Waals surface area contributed by atoms with Crippen molar-refractivity contribution in [3.63, 3.8) is 0 Å². The van der Waals surface area contributed by atoms with E-state index in [1.807, 2.05) is 0 Å². The second-order valence-electron chi connectivity index (χ2n) is 8.22. The van der Waals surface area contributed by atoms with Crippen LogP contribution in [0.2, 0.25) is 5.02 Å². The van der Waals surface area contributed by atoms with Gasteiger partial charge in [0.15, 0.2) is 0 Å². The third kappa shape index (κ3) is 7.86. The van der Waals surface area contributed by atoms with Crippen molar-refractivity contribution in [2.75, 3.05) is 20.8 Å². The van der Waals surface area contributed by atoms with E-state index in [2.05, 4.69) is 16.0 Å². The Kier molecular flexibility index (Phi) is 9.71. The zero-order valence-corrected chi connectivity index (χ0v) is 21.7. The summed E-state index contributed by atoms with van der Waals surface area (Å²) in [6, 6.07) is 13.3. The van der Waals surface area contributed by atoms with Crippen molar-refractivity contribution in [1.29, 1.82) is 0 Å². The number of phenols is 1. The standard InChI is InChI=1S/C27H26ClN3O8/c1-38-19-9-17(10-20(12-19)39-2)25(34)30-14-23(27(36)37)31-26(35)21-7-6-16(11-22(21)28)24(33)29-13-15-4-3-5-18(32)8-15/h3-12,23,32H,13-14H2,1-2H3,(H,29,33)(H,30,34)(H,31,35)(H,36,37)/t23-/m0/s1. The summed E-state index contributed by atoms with van der Waals surface area (Å²) in [4.78, 5) is 49.6. The minimum Gasteiger partial charge on any atom is -0.508 e. The molecule has 0 aliphatic carbocycles. The number of benzene rings is 3. The SMILES string of the molecule is COc1cc(OC)cc(C(=O)NC[C@H](NC(=O)c2ccc(C(=O)NCc3cccc(O)c3)cc2Cl)C(=O)O)c1. The fraction of sp³-hybridized carbons (Fsp3) is 0.185. The van der Waals surface area contributed by atoms with Crippen molar-refractivity contribution < 1.29 is 38.9 Å². The van der Waals surface area contributed by atoms with Crippen molar-refractivity contribution in [1.82, 2.24) is 16.0 Å². The zero-order chi connectivity index (χ0) is 28.5. The van der Waals surface area contributed by atoms with Crippen LogP contribution in [0.25, 0.3) is 0 Å². The molecule has 11 nitrogen and oxygen atoms in total. The van der Waals surface area contributed by atoms with Crippen LogP contribution in [0.15, 0.2) is 60.7 Å². The molecule has 39 heavy (non-hydrogen) atoms. The van der Waals surface area contributed by atoms with Gasteiger partial charge in [-0.3, -0.25) is 14.4 Å². The van der Waals surface area contributed by atoms with Gasteiger partial charge >= 0.3 is 5.97 Å². The van der Waals surface area contributed by atoms with E-state index in [-0.39, 0.29) is 34.0 Å². The van der Waals surface area contributed by atoms with E-state index in [0.717, 1.165) is 0 Å². The Balaban J connectivity index is 1.62. The number of nitrogens with one attached hydrogen (secondary N) is 3. The highest BCUT2D eigenvalue weighted by molar-refractivity contribution is 6.34. The Morgan fingerprint density at radius 3 is 2.10 bits per heavy atom. The Bertz CT molecular complexity index is 1370. The summed E-state index contributed by atoms with van der Waals surface area (Å²) in [7, 11) is 2.85. The van der Waals surface area contributed by atoms with Gasteiger partial charge in [-0.15, -0.1) is 0 Å². The van der Waals surface area contributed by atoms with Gasteiger partial charge in [-0.25, -0.2) is 4.79 Å². The predicted molar refractivity (Wildman–Crippen MR) is 141 cm³/mol. The first kappa shape index (κ1) is 28.8. The van der Waals surface area contributed by atoms with Crippen LogP contribution >= 0.6 is 11.6 Å². The first-order chi connectivity index (χ1) is 18.6. The number of rotatable bonds is 11. The topological polar surface area (TPSA) is 163 Å². The van der Waals surface area contributed by atoms with E-state index in [0.29, 0.717) is 17.1 Å². The van der Waals surface area contributed by atoms with Crippen LogP contribution < -0.4 is 25.4 Å². The molecule has 12 heteroatoms. The fourth-order valence-corrected chi connectivity index (χ4v) is 3.73. The largest absolute Gasteiger partial charge is 0.508 e. The first-order valence-electron chi connectivity index (χ1n) is 11.5. The van der Waals surface area contributed by atoms with E-state index in [4.69, 9.17) is 21.1 Å². The average Bonchev–Trinajstić information content (AvgIpc) is 2.92. The lowest BCUT2D eigenvalue weighted by molar-refractivity contribution is -0.139. The molecule has 204 valence electrons. The number of hydrogen-bond acceptors (Lipinski definition) is 7. The Morgan fingerprint density at radius 2 is 1.51 bits per heavy atom. The number of ether oxygens (including phenoxy) is 2. The molecule has 0 aliphatic heterocycles. The van der Waals surface area contributed by atoms with Gasteiger partial charge in [-0.1, -0.05) is 23.7 Å². The van der Waals surface area contributed by atoms with Crippen LogP contribution in [0, 0.1) is 0 Å². The summed E-state index contributed by atoms with van der Waals surface area (Å²) in [5.41, 5.74) is 0.967. The highest BCUT2D eigenvalue weighted by Crippen LogP contribution is 2.22. The van der Waals surface area contributed by atoms with Crippen molar-refractivity contribution in [2.45, 2.75) is 12.6 Å². The van der Waals surface area contributed by atoms with Crippen LogP contribution in [-0.4, -0.2) is 60.7 Å². The summed E-state index contributed by atoms with van der Waals surface area (Å²) in [6.45, 7) is -0.270. The Hall–Kier alpha value is -4.77. The quantitative estimate of drug-likeness (QED) is 0.241. The molecule has 3 amide bonds. The van der Waals surface area contributed by atoms with Gasteiger partial charge in [0.25, 0.3) is 17.7 Å². The third-order valence-electron chi connectivity index (χ3n) is 5.52. The Morgan fingerprint density at radius 1 is 0.846 bits per heavy atom. The molecule has 0 saturated carbocycles. The molecule has 0 fully saturated rings. The summed E-state index contributed by atoms with van der Waals surface area (Å²) in [5.74, 6) is -2.45. The lowest BCUT2D eigenvalue weighted by atomic mass is 10.1. The van der Waals surface area contributed by atoms with Crippen LogP contribution in [0.4, 0.5) is 0 Å². The van der Waals surface area contributed by atoms with Crippen molar-refractivity contribution in [3.8, 4) is 17.2 Å². The lowest BCUT2D eigenvalue weighted by Gasteiger charge is -2.16. The van der Waals surface area contributed by atoms with Gasteiger partial charge in [0.2, 0.25) is 0 Å². The second-order valence-corrected chi connectivity index (χ2v) is 8.63. The van der Waals surface area contributed by atoms with Crippen LogP contribution in [0.1, 0.15) is 36.6 Å². The van der Waals surface area contributed by atoms with Gasteiger partial charge in [-0.05, 0) is 48.0 Å². The molecule has 0 heterocycles. The number of methoxy groups -OCH3 is 2. The van der Waals surface area contributed by atoms with E-state index in [1.54, 1.807) is 18.2 Å². The van der Waals surface area contributed by atoms with Gasteiger partial charge in [0, 0.05) is 30.3 Å². The summed E-state index contributed by atoms with van der Waals surface area (Å²) >= 11 is 6.22. The number of phenolic OH excluding ortho intramolecular Hbond substituents is 1. The summed E-state index contributed by atoms with van der Waals surface area (Å²) < 4.78 is 10.3. The Labute approximate surface area is 228 Å². The van der Waals surface area contributed by atoms with Gasteiger partial charge in [-0.2, -0.15) is 0 Å². The van der Waals surface area contributed by atoms with Crippen LogP contribution in [-0.2, 0) is 11.3 Å². The maximum atomic E-state index is 12.8. The van der Waals surface area contributed by atoms with Gasteiger partial charge < -0.3 is 35.6 Å². The molecule has 0 unspecified atom stereocenters. The molecule has 3 rings (SSSR count). The smallest absolute Gasteiger partial charge is 0.328 e. The van der Waals surface area contributed by atoms with Gasteiger partial charge in [0.1, 0.15) is 23.3 Å². The third-order valence-corrected chi connectivity index (χ3v) is 5.84. The molecule has 0 saturated heterocycles. The van der Waals surface area contributed by atoms with E-state index < -0.39 is 36.3 Å². The molecule has 1 atom stereocenters. The summed E-state index contributed by atoms with van der Waals surface area (Å²) in [5, 5.41) is 26.5. The highest BCUT2D eigenvalue weighted by atomic mass is 35.5. The van der Waals surface area contributed by atoms with E-state index in [9.17, 15) is 29.4 Å². The molecule has 3 aromatic carbocycles. The van der Waals surface area contributed by atoms with Gasteiger partial charge in [0.05, 0.1) is 24.8 Å². The number of amides is 3. The minimum atomic E-state index is -1.48. The summed E-state index contributed by atoms with van der Waals surface area (Å²) in [6.07, 6.45) is 0. The number of carbonyl (C=O) groups is 4. The molecule has 0 aliphatic rings. The molecule has 0 radical (unpaired) electrons.